The number of hydrogen-bond donors (Lipinski definition) is 2. The van der Waals surface area contributed by atoms with Crippen molar-refractivity contribution in [3.63, 3.8) is 0 Å². The molecule has 0 radical (unpaired) electrons. The molecule has 0 aliphatic rings. The highest BCUT2D eigenvalue weighted by Crippen LogP contribution is 2.28. The average molecular weight is 302 g/mol. The Labute approximate surface area is 114 Å². The van der Waals surface area contributed by atoms with Gasteiger partial charge in [0.1, 0.15) is 6.07 Å². The lowest BCUT2D eigenvalue weighted by Gasteiger charge is -2.10. The van der Waals surface area contributed by atoms with Gasteiger partial charge in [0.15, 0.2) is 0 Å². The highest BCUT2D eigenvalue weighted by atomic mass is 79.9. The van der Waals surface area contributed by atoms with Crippen molar-refractivity contribution in [2.75, 3.05) is 11.1 Å². The number of halogens is 1. The Morgan fingerprint density at radius 2 is 2.00 bits per heavy atom. The molecule has 0 aromatic heterocycles. The van der Waals surface area contributed by atoms with E-state index < -0.39 is 0 Å². The van der Waals surface area contributed by atoms with Gasteiger partial charge < -0.3 is 11.1 Å². The quantitative estimate of drug-likeness (QED) is 0.826. The molecule has 0 unspecified atom stereocenters. The third kappa shape index (κ3) is 2.63. The van der Waals surface area contributed by atoms with E-state index in [1.165, 1.54) is 5.56 Å². The molecule has 2 rings (SSSR count). The second kappa shape index (κ2) is 5.11. The summed E-state index contributed by atoms with van der Waals surface area (Å²) in [5.74, 6) is 0. The highest BCUT2D eigenvalue weighted by molar-refractivity contribution is 9.10. The summed E-state index contributed by atoms with van der Waals surface area (Å²) in [4.78, 5) is 0. The molecule has 2 aromatic carbocycles. The van der Waals surface area contributed by atoms with Crippen LogP contribution in [0.2, 0.25) is 0 Å². The Kier molecular flexibility index (Phi) is 3.54. The minimum atomic E-state index is 0.478. The van der Waals surface area contributed by atoms with Gasteiger partial charge >= 0.3 is 0 Å². The Hall–Kier alpha value is -1.99. The van der Waals surface area contributed by atoms with Gasteiger partial charge in [-0.25, -0.2) is 0 Å². The monoisotopic (exact) mass is 301 g/mol. The lowest BCUT2D eigenvalue weighted by molar-refractivity contribution is 1.43. The number of anilines is 3. The summed E-state index contributed by atoms with van der Waals surface area (Å²) >= 11 is 3.51. The van der Waals surface area contributed by atoms with Crippen LogP contribution in [0.15, 0.2) is 40.9 Å². The van der Waals surface area contributed by atoms with Crippen molar-refractivity contribution in [3.05, 3.63) is 52.0 Å². The smallest absolute Gasteiger partial charge is 0.101 e. The molecule has 0 saturated carbocycles. The fourth-order valence-electron chi connectivity index (χ4n) is 1.62. The second-order valence-corrected chi connectivity index (χ2v) is 4.88. The van der Waals surface area contributed by atoms with Gasteiger partial charge in [-0.05, 0) is 58.7 Å². The Balaban J connectivity index is 2.29. The Morgan fingerprint density at radius 1 is 1.22 bits per heavy atom. The number of nitrogens with zero attached hydrogens (tertiary/aromatic N) is 1. The first-order chi connectivity index (χ1) is 8.60. The van der Waals surface area contributed by atoms with Gasteiger partial charge in [0, 0.05) is 10.2 Å². The zero-order chi connectivity index (χ0) is 13.1. The maximum atomic E-state index is 8.82. The molecule has 3 nitrogen and oxygen atoms in total. The largest absolute Gasteiger partial charge is 0.398 e. The number of hydrogen-bond acceptors (Lipinski definition) is 3. The van der Waals surface area contributed by atoms with Gasteiger partial charge in [-0.2, -0.15) is 5.26 Å². The molecule has 2 aromatic rings. The molecule has 0 spiro atoms. The summed E-state index contributed by atoms with van der Waals surface area (Å²) in [6.07, 6.45) is 0. The first-order valence-electron chi connectivity index (χ1n) is 5.43. The summed E-state index contributed by atoms with van der Waals surface area (Å²) in [7, 11) is 0. The van der Waals surface area contributed by atoms with Crippen molar-refractivity contribution in [2.24, 2.45) is 0 Å². The number of aryl methyl sites for hydroxylation is 1. The summed E-state index contributed by atoms with van der Waals surface area (Å²) in [6.45, 7) is 2.04. The third-order valence-corrected chi connectivity index (χ3v) is 3.23. The molecule has 0 bridgehead atoms. The molecule has 0 aliphatic heterocycles. The normalized spacial score (nSPS) is 9.83. The topological polar surface area (TPSA) is 61.8 Å². The molecule has 18 heavy (non-hydrogen) atoms. The molecule has 0 saturated heterocycles. The van der Waals surface area contributed by atoms with Crippen LogP contribution in [0.25, 0.3) is 0 Å². The number of nitriles is 1. The molecule has 0 atom stereocenters. The van der Waals surface area contributed by atoms with Gasteiger partial charge in [0.25, 0.3) is 0 Å². The van der Waals surface area contributed by atoms with Gasteiger partial charge in [-0.15, -0.1) is 0 Å². The van der Waals surface area contributed by atoms with E-state index in [1.54, 1.807) is 12.1 Å². The summed E-state index contributed by atoms with van der Waals surface area (Å²) in [6, 6.07) is 13.4. The Bertz CT molecular complexity index is 629. The van der Waals surface area contributed by atoms with Crippen LogP contribution in [-0.4, -0.2) is 0 Å². The van der Waals surface area contributed by atoms with E-state index in [0.717, 1.165) is 15.8 Å². The van der Waals surface area contributed by atoms with Crippen molar-refractivity contribution in [2.45, 2.75) is 6.92 Å². The lowest BCUT2D eigenvalue weighted by atomic mass is 10.1. The SMILES string of the molecule is Cc1ccc(Nc2ccc(C#N)c(N)c2)c(Br)c1. The maximum absolute atomic E-state index is 8.82. The van der Waals surface area contributed by atoms with Crippen LogP contribution in [0.5, 0.6) is 0 Å². The van der Waals surface area contributed by atoms with Crippen molar-refractivity contribution < 1.29 is 0 Å². The first kappa shape index (κ1) is 12.5. The van der Waals surface area contributed by atoms with Crippen LogP contribution in [0, 0.1) is 18.3 Å². The molecular formula is C14H12BrN3. The van der Waals surface area contributed by atoms with Crippen molar-refractivity contribution >= 4 is 33.0 Å². The molecule has 4 heteroatoms. The van der Waals surface area contributed by atoms with Crippen LogP contribution < -0.4 is 11.1 Å². The highest BCUT2D eigenvalue weighted by Gasteiger charge is 2.03. The molecule has 0 aliphatic carbocycles. The van der Waals surface area contributed by atoms with E-state index in [-0.39, 0.29) is 0 Å². The lowest BCUT2D eigenvalue weighted by Crippen LogP contribution is -1.95. The zero-order valence-electron chi connectivity index (χ0n) is 9.87. The van der Waals surface area contributed by atoms with Gasteiger partial charge in [0.2, 0.25) is 0 Å². The molecular weight excluding hydrogens is 290 g/mol. The summed E-state index contributed by atoms with van der Waals surface area (Å²) in [5, 5.41) is 12.1. The van der Waals surface area contributed by atoms with E-state index in [1.807, 2.05) is 37.3 Å². The van der Waals surface area contributed by atoms with Crippen molar-refractivity contribution in [1.29, 1.82) is 5.26 Å². The maximum Gasteiger partial charge on any atom is 0.101 e. The van der Waals surface area contributed by atoms with E-state index >= 15 is 0 Å². The molecule has 0 amide bonds. The standard InChI is InChI=1S/C14H12BrN3/c1-9-2-5-14(12(15)6-9)18-11-4-3-10(8-16)13(17)7-11/h2-7,18H,17H2,1H3. The Morgan fingerprint density at radius 3 is 2.61 bits per heavy atom. The molecule has 0 heterocycles. The van der Waals surface area contributed by atoms with E-state index in [0.29, 0.717) is 11.3 Å². The van der Waals surface area contributed by atoms with Crippen molar-refractivity contribution in [1.82, 2.24) is 0 Å². The van der Waals surface area contributed by atoms with Gasteiger partial charge in [-0.1, -0.05) is 6.07 Å². The van der Waals surface area contributed by atoms with Gasteiger partial charge in [-0.3, -0.25) is 0 Å². The van der Waals surface area contributed by atoms with Crippen LogP contribution in [0.4, 0.5) is 17.1 Å². The van der Waals surface area contributed by atoms with Gasteiger partial charge in [0.05, 0.1) is 16.9 Å². The van der Waals surface area contributed by atoms with Crippen LogP contribution in [-0.2, 0) is 0 Å². The fourth-order valence-corrected chi connectivity index (χ4v) is 2.21. The van der Waals surface area contributed by atoms with E-state index in [4.69, 9.17) is 11.0 Å². The number of rotatable bonds is 2. The molecule has 3 N–H and O–H groups in total. The number of benzene rings is 2. The fraction of sp³-hybridized carbons (Fsp3) is 0.0714. The van der Waals surface area contributed by atoms with Crippen LogP contribution >= 0.6 is 15.9 Å². The van der Waals surface area contributed by atoms with Crippen LogP contribution in [0.1, 0.15) is 11.1 Å². The first-order valence-corrected chi connectivity index (χ1v) is 6.22. The minimum Gasteiger partial charge on any atom is -0.398 e. The zero-order valence-corrected chi connectivity index (χ0v) is 11.5. The number of nitrogen functional groups attached to an aromatic ring is 1. The average Bonchev–Trinajstić information content (AvgIpc) is 2.33. The third-order valence-electron chi connectivity index (χ3n) is 2.58. The molecule has 0 fully saturated rings. The van der Waals surface area contributed by atoms with E-state index in [2.05, 4.69) is 21.2 Å². The number of nitrogens with one attached hydrogen (secondary N) is 1. The van der Waals surface area contributed by atoms with E-state index in [9.17, 15) is 0 Å². The van der Waals surface area contributed by atoms with Crippen molar-refractivity contribution in [3.8, 4) is 6.07 Å². The molecule has 90 valence electrons. The number of nitrogens with two attached hydrogens (primary N) is 1. The predicted molar refractivity (Wildman–Crippen MR) is 77.7 cm³/mol. The minimum absolute atomic E-state index is 0.478. The van der Waals surface area contributed by atoms with Crippen LogP contribution in [0.3, 0.4) is 0 Å². The predicted octanol–water partition coefficient (Wildman–Crippen LogP) is 3.96. The summed E-state index contributed by atoms with van der Waals surface area (Å²) < 4.78 is 0.991. The second-order valence-electron chi connectivity index (χ2n) is 4.02. The summed E-state index contributed by atoms with van der Waals surface area (Å²) in [5.41, 5.74) is 9.75.